The number of nitrogens with one attached hydrogen (secondary N) is 1. The highest BCUT2D eigenvalue weighted by atomic mass is 35.5. The molecule has 1 aromatic heterocycles. The van der Waals surface area contributed by atoms with Gasteiger partial charge in [-0.1, -0.05) is 11.6 Å². The van der Waals surface area contributed by atoms with Crippen LogP contribution in [0.5, 0.6) is 5.88 Å². The second-order valence-electron chi connectivity index (χ2n) is 4.09. The molecule has 0 atom stereocenters. The molecule has 1 aromatic carbocycles. The van der Waals surface area contributed by atoms with Gasteiger partial charge in [-0.3, -0.25) is 10.1 Å². The van der Waals surface area contributed by atoms with E-state index in [-0.39, 0.29) is 22.9 Å². The lowest BCUT2D eigenvalue weighted by Crippen LogP contribution is -2.15. The van der Waals surface area contributed by atoms with Crippen molar-refractivity contribution in [3.05, 3.63) is 40.5 Å². The average molecular weight is 293 g/mol. The van der Waals surface area contributed by atoms with Crippen LogP contribution in [0.2, 0.25) is 5.15 Å². The number of hydrogen-bond acceptors (Lipinski definition) is 5. The van der Waals surface area contributed by atoms with E-state index >= 15 is 0 Å². The third-order valence-electron chi connectivity index (χ3n) is 2.60. The summed E-state index contributed by atoms with van der Waals surface area (Å²) < 4.78 is 4.96. The largest absolute Gasteiger partial charge is 0.481 e. The van der Waals surface area contributed by atoms with E-state index in [1.54, 1.807) is 25.1 Å². The fourth-order valence-electron chi connectivity index (χ4n) is 1.67. The Balaban J connectivity index is 2.25. The highest BCUT2D eigenvalue weighted by Gasteiger charge is 2.12. The molecule has 0 unspecified atom stereocenters. The summed E-state index contributed by atoms with van der Waals surface area (Å²) in [6, 6.07) is 6.46. The van der Waals surface area contributed by atoms with Crippen molar-refractivity contribution in [1.82, 2.24) is 9.97 Å². The van der Waals surface area contributed by atoms with Crippen molar-refractivity contribution in [1.29, 1.82) is 0 Å². The molecular formula is C13H13ClN4O2. The number of benzene rings is 1. The number of amides is 1. The van der Waals surface area contributed by atoms with Gasteiger partial charge >= 0.3 is 0 Å². The van der Waals surface area contributed by atoms with Gasteiger partial charge in [-0.05, 0) is 30.7 Å². The number of hydrogen-bond donors (Lipinski definition) is 2. The van der Waals surface area contributed by atoms with Gasteiger partial charge in [0.1, 0.15) is 5.15 Å². The average Bonchev–Trinajstić information content (AvgIpc) is 2.37. The molecule has 0 aliphatic carbocycles. The lowest BCUT2D eigenvalue weighted by Gasteiger charge is -2.08. The smallest absolute Gasteiger partial charge is 0.258 e. The molecular weight excluding hydrogens is 280 g/mol. The van der Waals surface area contributed by atoms with Gasteiger partial charge in [0.05, 0.1) is 7.11 Å². The predicted molar refractivity (Wildman–Crippen MR) is 77.1 cm³/mol. The van der Waals surface area contributed by atoms with E-state index in [0.29, 0.717) is 11.3 Å². The van der Waals surface area contributed by atoms with Crippen LogP contribution >= 0.6 is 11.6 Å². The van der Waals surface area contributed by atoms with Crippen molar-refractivity contribution in [2.75, 3.05) is 18.2 Å². The first-order chi connectivity index (χ1) is 9.49. The maximum atomic E-state index is 12.1. The summed E-state index contributed by atoms with van der Waals surface area (Å²) in [6.45, 7) is 1.80. The number of nitrogen functional groups attached to an aromatic ring is 1. The van der Waals surface area contributed by atoms with Crippen molar-refractivity contribution in [3.63, 3.8) is 0 Å². The molecule has 2 aromatic rings. The summed E-state index contributed by atoms with van der Waals surface area (Å²) in [5.74, 6) is 0.0109. The topological polar surface area (TPSA) is 90.1 Å². The molecule has 7 heteroatoms. The second kappa shape index (κ2) is 5.75. The Bertz CT molecular complexity index is 661. The zero-order valence-corrected chi connectivity index (χ0v) is 11.7. The van der Waals surface area contributed by atoms with Crippen LogP contribution in [0.1, 0.15) is 15.9 Å². The number of methoxy groups -OCH3 is 1. The van der Waals surface area contributed by atoms with Gasteiger partial charge in [-0.15, -0.1) is 0 Å². The summed E-state index contributed by atoms with van der Waals surface area (Å²) in [7, 11) is 1.45. The normalized spacial score (nSPS) is 10.2. The van der Waals surface area contributed by atoms with E-state index in [9.17, 15) is 4.79 Å². The Morgan fingerprint density at radius 3 is 2.75 bits per heavy atom. The van der Waals surface area contributed by atoms with Gasteiger partial charge in [0, 0.05) is 17.3 Å². The number of rotatable bonds is 3. The maximum absolute atomic E-state index is 12.1. The fourth-order valence-corrected chi connectivity index (χ4v) is 1.84. The van der Waals surface area contributed by atoms with Crippen molar-refractivity contribution >= 4 is 29.1 Å². The number of carbonyl (C=O) groups excluding carboxylic acids is 1. The van der Waals surface area contributed by atoms with Crippen LogP contribution in [0.4, 0.5) is 11.6 Å². The van der Waals surface area contributed by atoms with Crippen LogP contribution in [-0.4, -0.2) is 23.0 Å². The van der Waals surface area contributed by atoms with Gasteiger partial charge in [0.25, 0.3) is 5.91 Å². The van der Waals surface area contributed by atoms with E-state index in [1.165, 1.54) is 13.2 Å². The maximum Gasteiger partial charge on any atom is 0.258 e. The molecule has 2 rings (SSSR count). The third kappa shape index (κ3) is 3.16. The molecule has 0 aliphatic heterocycles. The van der Waals surface area contributed by atoms with E-state index in [4.69, 9.17) is 22.1 Å². The number of ether oxygens (including phenoxy) is 1. The lowest BCUT2D eigenvalue weighted by atomic mass is 10.1. The quantitative estimate of drug-likeness (QED) is 0.669. The highest BCUT2D eigenvalue weighted by Crippen LogP contribution is 2.18. The van der Waals surface area contributed by atoms with Crippen LogP contribution in [0.25, 0.3) is 0 Å². The van der Waals surface area contributed by atoms with Crippen molar-refractivity contribution in [3.8, 4) is 5.88 Å². The number of aryl methyl sites for hydroxylation is 1. The SMILES string of the molecule is COc1cc(Cl)nc(NC(=O)c2ccc(N)cc2C)n1. The molecule has 104 valence electrons. The number of carbonyl (C=O) groups is 1. The number of aromatic nitrogens is 2. The Kier molecular flexibility index (Phi) is 4.05. The monoisotopic (exact) mass is 292 g/mol. The second-order valence-corrected chi connectivity index (χ2v) is 4.47. The summed E-state index contributed by atoms with van der Waals surface area (Å²) in [5, 5.41) is 2.75. The number of nitrogens with two attached hydrogens (primary N) is 1. The third-order valence-corrected chi connectivity index (χ3v) is 2.79. The standard InChI is InChI=1S/C13H13ClN4O2/c1-7-5-8(15)3-4-9(7)12(19)18-13-16-10(14)6-11(17-13)20-2/h3-6H,15H2,1-2H3,(H,16,17,18,19). The minimum absolute atomic E-state index is 0.0792. The summed E-state index contributed by atoms with van der Waals surface area (Å²) in [4.78, 5) is 20.0. The minimum atomic E-state index is -0.341. The molecule has 0 fully saturated rings. The van der Waals surface area contributed by atoms with Gasteiger partial charge in [-0.25, -0.2) is 4.98 Å². The van der Waals surface area contributed by atoms with E-state index in [2.05, 4.69) is 15.3 Å². The molecule has 0 aliphatic rings. The molecule has 20 heavy (non-hydrogen) atoms. The van der Waals surface area contributed by atoms with E-state index in [0.717, 1.165) is 5.56 Å². The minimum Gasteiger partial charge on any atom is -0.481 e. The van der Waals surface area contributed by atoms with Gasteiger partial charge in [-0.2, -0.15) is 4.98 Å². The molecule has 3 N–H and O–H groups in total. The first kappa shape index (κ1) is 14.1. The number of nitrogens with zero attached hydrogens (tertiary/aromatic N) is 2. The zero-order chi connectivity index (χ0) is 14.7. The van der Waals surface area contributed by atoms with Crippen LogP contribution in [0.3, 0.4) is 0 Å². The van der Waals surface area contributed by atoms with Gasteiger partial charge in [0.2, 0.25) is 11.8 Å². The van der Waals surface area contributed by atoms with Gasteiger partial charge in [0.15, 0.2) is 0 Å². The van der Waals surface area contributed by atoms with Crippen molar-refractivity contribution in [2.45, 2.75) is 6.92 Å². The molecule has 0 spiro atoms. The van der Waals surface area contributed by atoms with Crippen molar-refractivity contribution in [2.24, 2.45) is 0 Å². The molecule has 0 radical (unpaired) electrons. The van der Waals surface area contributed by atoms with Crippen LogP contribution in [-0.2, 0) is 0 Å². The summed E-state index contributed by atoms with van der Waals surface area (Å²) in [5.41, 5.74) is 7.49. The van der Waals surface area contributed by atoms with Gasteiger partial charge < -0.3 is 10.5 Å². The van der Waals surface area contributed by atoms with E-state index in [1.807, 2.05) is 0 Å². The molecule has 6 nitrogen and oxygen atoms in total. The molecule has 1 amide bonds. The van der Waals surface area contributed by atoms with Crippen LogP contribution in [0, 0.1) is 6.92 Å². The van der Waals surface area contributed by atoms with Crippen LogP contribution in [0.15, 0.2) is 24.3 Å². The van der Waals surface area contributed by atoms with Crippen LogP contribution < -0.4 is 15.8 Å². The van der Waals surface area contributed by atoms with Crippen molar-refractivity contribution < 1.29 is 9.53 Å². The first-order valence-electron chi connectivity index (χ1n) is 5.75. The molecule has 0 bridgehead atoms. The Morgan fingerprint density at radius 1 is 1.35 bits per heavy atom. The fraction of sp³-hybridized carbons (Fsp3) is 0.154. The van der Waals surface area contributed by atoms with E-state index < -0.39 is 0 Å². The number of halogens is 1. The highest BCUT2D eigenvalue weighted by molar-refractivity contribution is 6.29. The molecule has 1 heterocycles. The Hall–Kier alpha value is -2.34. The predicted octanol–water partition coefficient (Wildman–Crippen LogP) is 2.28. The summed E-state index contributed by atoms with van der Waals surface area (Å²) >= 11 is 5.81. The lowest BCUT2D eigenvalue weighted by molar-refractivity contribution is 0.102. The zero-order valence-electron chi connectivity index (χ0n) is 11.0. The Morgan fingerprint density at radius 2 is 2.10 bits per heavy atom. The number of anilines is 2. The Labute approximate surface area is 120 Å². The molecule has 0 saturated heterocycles. The summed E-state index contributed by atoms with van der Waals surface area (Å²) in [6.07, 6.45) is 0. The first-order valence-corrected chi connectivity index (χ1v) is 6.13. The molecule has 0 saturated carbocycles.